The van der Waals surface area contributed by atoms with E-state index >= 15 is 0 Å². The lowest BCUT2D eigenvalue weighted by atomic mass is 10.2. The standard InChI is InChI=1S/C18H20BrNO5S/c1-3-5-8-25-16(21)11-20-17(22)15(26-18(20)23)10-12-9-13(19)6-7-14(12)24-4-2/h6-7,9-10H,3-5,8,11H2,1-2H3/b15-10+. The molecule has 1 saturated heterocycles. The van der Waals surface area contributed by atoms with Crippen molar-refractivity contribution in [3.63, 3.8) is 0 Å². The number of carbonyl (C=O) groups excluding carboxylic acids is 3. The lowest BCUT2D eigenvalue weighted by Gasteiger charge is -2.11. The molecule has 1 aliphatic heterocycles. The average Bonchev–Trinajstić information content (AvgIpc) is 2.85. The van der Waals surface area contributed by atoms with Gasteiger partial charge < -0.3 is 9.47 Å². The van der Waals surface area contributed by atoms with Crippen LogP contribution in [0.1, 0.15) is 32.3 Å². The predicted molar refractivity (Wildman–Crippen MR) is 104 cm³/mol. The summed E-state index contributed by atoms with van der Waals surface area (Å²) >= 11 is 4.18. The van der Waals surface area contributed by atoms with Gasteiger partial charge in [-0.15, -0.1) is 0 Å². The Kier molecular flexibility index (Phi) is 7.71. The molecule has 26 heavy (non-hydrogen) atoms. The van der Waals surface area contributed by atoms with Gasteiger partial charge in [-0.25, -0.2) is 0 Å². The summed E-state index contributed by atoms with van der Waals surface area (Å²) < 4.78 is 11.4. The Morgan fingerprint density at radius 2 is 2.08 bits per heavy atom. The zero-order chi connectivity index (χ0) is 19.1. The zero-order valence-corrected chi connectivity index (χ0v) is 17.0. The van der Waals surface area contributed by atoms with Crippen LogP contribution in [0, 0.1) is 0 Å². The fourth-order valence-electron chi connectivity index (χ4n) is 2.20. The van der Waals surface area contributed by atoms with Gasteiger partial charge in [0.2, 0.25) is 0 Å². The lowest BCUT2D eigenvalue weighted by Crippen LogP contribution is -2.34. The summed E-state index contributed by atoms with van der Waals surface area (Å²) in [4.78, 5) is 37.5. The highest BCUT2D eigenvalue weighted by molar-refractivity contribution is 9.10. The molecule has 140 valence electrons. The molecule has 0 unspecified atom stereocenters. The van der Waals surface area contributed by atoms with Gasteiger partial charge in [0.1, 0.15) is 12.3 Å². The molecule has 0 spiro atoms. The van der Waals surface area contributed by atoms with E-state index in [4.69, 9.17) is 9.47 Å². The van der Waals surface area contributed by atoms with Crippen LogP contribution in [0.3, 0.4) is 0 Å². The normalized spacial score (nSPS) is 15.7. The highest BCUT2D eigenvalue weighted by Gasteiger charge is 2.36. The first-order valence-corrected chi connectivity index (χ1v) is 9.90. The molecule has 1 aliphatic rings. The van der Waals surface area contributed by atoms with Gasteiger partial charge in [0.15, 0.2) is 0 Å². The maximum absolute atomic E-state index is 12.5. The minimum Gasteiger partial charge on any atom is -0.493 e. The molecule has 0 N–H and O–H groups in total. The van der Waals surface area contributed by atoms with E-state index < -0.39 is 17.1 Å². The van der Waals surface area contributed by atoms with E-state index in [1.165, 1.54) is 0 Å². The summed E-state index contributed by atoms with van der Waals surface area (Å²) in [6, 6.07) is 5.42. The van der Waals surface area contributed by atoms with Crippen molar-refractivity contribution in [2.75, 3.05) is 19.8 Å². The van der Waals surface area contributed by atoms with Gasteiger partial charge in [0, 0.05) is 10.0 Å². The number of unbranched alkanes of at least 4 members (excludes halogenated alkanes) is 1. The maximum Gasteiger partial charge on any atom is 0.326 e. The van der Waals surface area contributed by atoms with Gasteiger partial charge >= 0.3 is 5.97 Å². The molecule has 1 aromatic carbocycles. The van der Waals surface area contributed by atoms with E-state index in [9.17, 15) is 14.4 Å². The fourth-order valence-corrected chi connectivity index (χ4v) is 3.41. The number of benzene rings is 1. The molecular weight excluding hydrogens is 422 g/mol. The number of amides is 2. The van der Waals surface area contributed by atoms with E-state index in [1.807, 2.05) is 19.9 Å². The van der Waals surface area contributed by atoms with Crippen LogP contribution in [0.15, 0.2) is 27.6 Å². The van der Waals surface area contributed by atoms with Crippen LogP contribution in [-0.4, -0.2) is 41.8 Å². The van der Waals surface area contributed by atoms with Gasteiger partial charge in [0.05, 0.1) is 18.1 Å². The van der Waals surface area contributed by atoms with Crippen molar-refractivity contribution >= 4 is 50.9 Å². The Morgan fingerprint density at radius 1 is 1.31 bits per heavy atom. The average molecular weight is 442 g/mol. The molecule has 0 radical (unpaired) electrons. The Morgan fingerprint density at radius 3 is 2.77 bits per heavy atom. The highest BCUT2D eigenvalue weighted by atomic mass is 79.9. The maximum atomic E-state index is 12.5. The Hall–Kier alpha value is -1.80. The third kappa shape index (κ3) is 5.35. The van der Waals surface area contributed by atoms with E-state index in [2.05, 4.69) is 15.9 Å². The molecule has 1 fully saturated rings. The number of hydrogen-bond donors (Lipinski definition) is 0. The molecule has 1 heterocycles. The summed E-state index contributed by atoms with van der Waals surface area (Å²) in [5, 5.41) is -0.485. The van der Waals surface area contributed by atoms with E-state index in [-0.39, 0.29) is 18.1 Å². The molecule has 2 rings (SSSR count). The molecule has 2 amide bonds. The number of halogens is 1. The number of hydrogen-bond acceptors (Lipinski definition) is 6. The molecule has 0 bridgehead atoms. The minimum absolute atomic E-state index is 0.246. The van der Waals surface area contributed by atoms with Crippen molar-refractivity contribution in [2.24, 2.45) is 0 Å². The third-order valence-electron chi connectivity index (χ3n) is 3.48. The molecule has 0 aromatic heterocycles. The zero-order valence-electron chi connectivity index (χ0n) is 14.6. The first kappa shape index (κ1) is 20.5. The monoisotopic (exact) mass is 441 g/mol. The summed E-state index contributed by atoms with van der Waals surface area (Å²) in [6.07, 6.45) is 3.24. The van der Waals surface area contributed by atoms with Crippen LogP contribution < -0.4 is 4.74 Å². The topological polar surface area (TPSA) is 72.9 Å². The number of nitrogens with zero attached hydrogens (tertiary/aromatic N) is 1. The Balaban J connectivity index is 2.14. The van der Waals surface area contributed by atoms with Crippen LogP contribution in [-0.2, 0) is 14.3 Å². The van der Waals surface area contributed by atoms with E-state index in [0.717, 1.165) is 34.0 Å². The molecule has 1 aromatic rings. The first-order chi connectivity index (χ1) is 12.5. The van der Waals surface area contributed by atoms with Crippen LogP contribution in [0.25, 0.3) is 6.08 Å². The van der Waals surface area contributed by atoms with Gasteiger partial charge in [-0.05, 0) is 49.4 Å². The molecule has 0 saturated carbocycles. The van der Waals surface area contributed by atoms with E-state index in [0.29, 0.717) is 17.9 Å². The van der Waals surface area contributed by atoms with E-state index in [1.54, 1.807) is 18.2 Å². The van der Waals surface area contributed by atoms with Crippen LogP contribution in [0.2, 0.25) is 0 Å². The van der Waals surface area contributed by atoms with Crippen LogP contribution in [0.4, 0.5) is 4.79 Å². The SMILES string of the molecule is CCCCOC(=O)CN1C(=O)S/C(=C/c2cc(Br)ccc2OCC)C1=O. The van der Waals surface area contributed by atoms with Crippen molar-refractivity contribution < 1.29 is 23.9 Å². The van der Waals surface area contributed by atoms with Gasteiger partial charge in [-0.1, -0.05) is 29.3 Å². The highest BCUT2D eigenvalue weighted by Crippen LogP contribution is 2.34. The lowest BCUT2D eigenvalue weighted by molar-refractivity contribution is -0.146. The van der Waals surface area contributed by atoms with Crippen molar-refractivity contribution in [3.8, 4) is 5.75 Å². The largest absolute Gasteiger partial charge is 0.493 e. The fraction of sp³-hybridized carbons (Fsp3) is 0.389. The Labute approximate surface area is 165 Å². The summed E-state index contributed by atoms with van der Waals surface area (Å²) in [7, 11) is 0. The van der Waals surface area contributed by atoms with Crippen molar-refractivity contribution in [2.45, 2.75) is 26.7 Å². The molecular formula is C18H20BrNO5S. The van der Waals surface area contributed by atoms with Gasteiger partial charge in [-0.3, -0.25) is 19.3 Å². The van der Waals surface area contributed by atoms with Crippen molar-refractivity contribution in [3.05, 3.63) is 33.1 Å². The molecule has 0 aliphatic carbocycles. The number of ether oxygens (including phenoxy) is 2. The van der Waals surface area contributed by atoms with Crippen LogP contribution >= 0.6 is 27.7 Å². The molecule has 0 atom stereocenters. The van der Waals surface area contributed by atoms with Gasteiger partial charge in [0.25, 0.3) is 11.1 Å². The number of thioether (sulfide) groups is 1. The van der Waals surface area contributed by atoms with Crippen molar-refractivity contribution in [1.29, 1.82) is 0 Å². The second-order valence-electron chi connectivity index (χ2n) is 5.46. The third-order valence-corrected chi connectivity index (χ3v) is 4.88. The van der Waals surface area contributed by atoms with Crippen molar-refractivity contribution in [1.82, 2.24) is 4.90 Å². The summed E-state index contributed by atoms with van der Waals surface area (Å²) in [5.41, 5.74) is 0.678. The quantitative estimate of drug-likeness (QED) is 0.341. The predicted octanol–water partition coefficient (Wildman–Crippen LogP) is 4.23. The second kappa shape index (κ2) is 9.78. The van der Waals surface area contributed by atoms with Crippen LogP contribution in [0.5, 0.6) is 5.75 Å². The number of imide groups is 1. The summed E-state index contributed by atoms with van der Waals surface area (Å²) in [5.74, 6) is -0.476. The number of esters is 1. The summed E-state index contributed by atoms with van der Waals surface area (Å²) in [6.45, 7) is 4.24. The number of carbonyl (C=O) groups is 3. The molecule has 6 nitrogen and oxygen atoms in total. The molecule has 8 heteroatoms. The smallest absolute Gasteiger partial charge is 0.326 e. The minimum atomic E-state index is -0.584. The number of rotatable bonds is 8. The second-order valence-corrected chi connectivity index (χ2v) is 7.37. The Bertz CT molecular complexity index is 734. The van der Waals surface area contributed by atoms with Gasteiger partial charge in [-0.2, -0.15) is 0 Å². The first-order valence-electron chi connectivity index (χ1n) is 8.29.